The molecule has 3 unspecified atom stereocenters. The molecule has 2 aliphatic rings. The van der Waals surface area contributed by atoms with E-state index in [0.29, 0.717) is 6.04 Å². The van der Waals surface area contributed by atoms with E-state index >= 15 is 0 Å². The molecule has 0 heterocycles. The van der Waals surface area contributed by atoms with Crippen molar-refractivity contribution in [3.8, 4) is 0 Å². The summed E-state index contributed by atoms with van der Waals surface area (Å²) in [6.45, 7) is 2.35. The lowest BCUT2D eigenvalue weighted by Crippen LogP contribution is -2.37. The lowest BCUT2D eigenvalue weighted by molar-refractivity contribution is 0.178. The number of hydrogen-bond donors (Lipinski definition) is 1. The maximum atomic E-state index is 6.31. The molecule has 0 aromatic rings. The molecule has 2 fully saturated rings. The molecule has 0 spiro atoms. The minimum atomic E-state index is 0.518. The highest BCUT2D eigenvalue weighted by Crippen LogP contribution is 2.37. The second-order valence-electron chi connectivity index (χ2n) is 6.25. The van der Waals surface area contributed by atoms with Crippen LogP contribution in [-0.2, 0) is 0 Å². The van der Waals surface area contributed by atoms with E-state index in [1.54, 1.807) is 0 Å². The van der Waals surface area contributed by atoms with Crippen LogP contribution in [0.1, 0.15) is 71.1 Å². The van der Waals surface area contributed by atoms with Crippen molar-refractivity contribution in [3.63, 3.8) is 0 Å². The van der Waals surface area contributed by atoms with Crippen molar-refractivity contribution in [2.24, 2.45) is 23.5 Å². The third kappa shape index (κ3) is 3.23. The van der Waals surface area contributed by atoms with E-state index in [2.05, 4.69) is 6.92 Å². The van der Waals surface area contributed by atoms with E-state index in [4.69, 9.17) is 5.73 Å². The lowest BCUT2D eigenvalue weighted by atomic mass is 9.72. The molecule has 2 saturated carbocycles. The van der Waals surface area contributed by atoms with Gasteiger partial charge in [-0.15, -0.1) is 0 Å². The van der Waals surface area contributed by atoms with Gasteiger partial charge in [0, 0.05) is 6.04 Å². The maximum absolute atomic E-state index is 6.31. The first-order chi connectivity index (χ1) is 7.79. The fourth-order valence-electron chi connectivity index (χ4n) is 3.88. The van der Waals surface area contributed by atoms with Crippen LogP contribution in [0.3, 0.4) is 0 Å². The predicted octanol–water partition coefficient (Wildman–Crippen LogP) is 4.11. The van der Waals surface area contributed by atoms with Gasteiger partial charge in [0.25, 0.3) is 0 Å². The molecule has 0 aromatic heterocycles. The normalized spacial score (nSPS) is 37.5. The van der Waals surface area contributed by atoms with Crippen molar-refractivity contribution >= 4 is 0 Å². The van der Waals surface area contributed by atoms with Crippen molar-refractivity contribution in [2.45, 2.75) is 77.2 Å². The fraction of sp³-hybridized carbons (Fsp3) is 1.00. The standard InChI is InChI=1S/C15H29N/c1-2-12-8-9-15(16)14(10-12)11-13-6-4-3-5-7-13/h12-15H,2-11,16H2,1H3. The molecular weight excluding hydrogens is 194 g/mol. The van der Waals surface area contributed by atoms with E-state index in [9.17, 15) is 0 Å². The maximum Gasteiger partial charge on any atom is 0.00674 e. The van der Waals surface area contributed by atoms with Crippen molar-refractivity contribution in [2.75, 3.05) is 0 Å². The van der Waals surface area contributed by atoms with Crippen molar-refractivity contribution in [1.29, 1.82) is 0 Å². The molecule has 0 radical (unpaired) electrons. The van der Waals surface area contributed by atoms with E-state index in [0.717, 1.165) is 17.8 Å². The number of nitrogens with two attached hydrogens (primary N) is 1. The Kier molecular flexibility index (Phi) is 4.69. The fourth-order valence-corrected chi connectivity index (χ4v) is 3.88. The van der Waals surface area contributed by atoms with Crippen LogP contribution in [0.15, 0.2) is 0 Å². The van der Waals surface area contributed by atoms with Gasteiger partial charge in [-0.1, -0.05) is 45.4 Å². The molecule has 1 heteroatoms. The topological polar surface area (TPSA) is 26.0 Å². The van der Waals surface area contributed by atoms with Crippen LogP contribution in [-0.4, -0.2) is 6.04 Å². The van der Waals surface area contributed by atoms with Gasteiger partial charge < -0.3 is 5.73 Å². The molecular formula is C15H29N. The summed E-state index contributed by atoms with van der Waals surface area (Å²) < 4.78 is 0. The summed E-state index contributed by atoms with van der Waals surface area (Å²) >= 11 is 0. The van der Waals surface area contributed by atoms with E-state index in [-0.39, 0.29) is 0 Å². The van der Waals surface area contributed by atoms with Crippen molar-refractivity contribution in [3.05, 3.63) is 0 Å². The molecule has 1 nitrogen and oxygen atoms in total. The smallest absolute Gasteiger partial charge is 0.00674 e. The van der Waals surface area contributed by atoms with Gasteiger partial charge in [-0.25, -0.2) is 0 Å². The molecule has 0 saturated heterocycles. The number of rotatable bonds is 3. The van der Waals surface area contributed by atoms with Gasteiger partial charge in [0.1, 0.15) is 0 Å². The first-order valence-corrected chi connectivity index (χ1v) is 7.55. The summed E-state index contributed by atoms with van der Waals surface area (Å²) in [6, 6.07) is 0.518. The zero-order chi connectivity index (χ0) is 11.4. The Hall–Kier alpha value is -0.0400. The monoisotopic (exact) mass is 223 g/mol. The third-order valence-electron chi connectivity index (χ3n) is 5.09. The zero-order valence-electron chi connectivity index (χ0n) is 11.0. The molecule has 2 N–H and O–H groups in total. The van der Waals surface area contributed by atoms with Crippen molar-refractivity contribution < 1.29 is 0 Å². The van der Waals surface area contributed by atoms with Gasteiger partial charge in [-0.3, -0.25) is 0 Å². The Morgan fingerprint density at radius 2 is 1.69 bits per heavy atom. The minimum absolute atomic E-state index is 0.518. The Morgan fingerprint density at radius 3 is 2.38 bits per heavy atom. The van der Waals surface area contributed by atoms with Crippen LogP contribution in [0.25, 0.3) is 0 Å². The summed E-state index contributed by atoms with van der Waals surface area (Å²) in [5, 5.41) is 0. The molecule has 3 atom stereocenters. The highest BCUT2D eigenvalue weighted by Gasteiger charge is 2.29. The second kappa shape index (κ2) is 6.05. The van der Waals surface area contributed by atoms with Gasteiger partial charge >= 0.3 is 0 Å². The minimum Gasteiger partial charge on any atom is -0.327 e. The first kappa shape index (κ1) is 12.4. The first-order valence-electron chi connectivity index (χ1n) is 7.55. The number of hydrogen-bond acceptors (Lipinski definition) is 1. The molecule has 0 bridgehead atoms. The Bertz CT molecular complexity index is 196. The van der Waals surface area contributed by atoms with Crippen LogP contribution in [0.2, 0.25) is 0 Å². The quantitative estimate of drug-likeness (QED) is 0.765. The van der Waals surface area contributed by atoms with Crippen LogP contribution in [0.4, 0.5) is 0 Å². The zero-order valence-corrected chi connectivity index (χ0v) is 11.0. The molecule has 94 valence electrons. The molecule has 16 heavy (non-hydrogen) atoms. The SMILES string of the molecule is CCC1CCC(N)C(CC2CCCCC2)C1. The van der Waals surface area contributed by atoms with Gasteiger partial charge in [-0.2, -0.15) is 0 Å². The van der Waals surface area contributed by atoms with E-state index < -0.39 is 0 Å². The Balaban J connectivity index is 1.81. The molecule has 0 aliphatic heterocycles. The van der Waals surface area contributed by atoms with Gasteiger partial charge in [0.05, 0.1) is 0 Å². The summed E-state index contributed by atoms with van der Waals surface area (Å²) in [6.07, 6.45) is 14.3. The Morgan fingerprint density at radius 1 is 0.938 bits per heavy atom. The Labute approximate surface area is 101 Å². The van der Waals surface area contributed by atoms with Crippen LogP contribution in [0, 0.1) is 17.8 Å². The van der Waals surface area contributed by atoms with E-state index in [1.807, 2.05) is 0 Å². The summed E-state index contributed by atoms with van der Waals surface area (Å²) in [7, 11) is 0. The average Bonchev–Trinajstić information content (AvgIpc) is 2.33. The van der Waals surface area contributed by atoms with E-state index in [1.165, 1.54) is 64.2 Å². The largest absolute Gasteiger partial charge is 0.327 e. The average molecular weight is 223 g/mol. The molecule has 0 amide bonds. The van der Waals surface area contributed by atoms with Crippen LogP contribution >= 0.6 is 0 Å². The second-order valence-corrected chi connectivity index (χ2v) is 6.25. The summed E-state index contributed by atoms with van der Waals surface area (Å²) in [5.41, 5.74) is 6.31. The summed E-state index contributed by atoms with van der Waals surface area (Å²) in [4.78, 5) is 0. The highest BCUT2D eigenvalue weighted by molar-refractivity contribution is 4.84. The highest BCUT2D eigenvalue weighted by atomic mass is 14.7. The predicted molar refractivity (Wildman–Crippen MR) is 70.3 cm³/mol. The molecule has 0 aromatic carbocycles. The van der Waals surface area contributed by atoms with Crippen LogP contribution in [0.5, 0.6) is 0 Å². The lowest BCUT2D eigenvalue weighted by Gasteiger charge is -2.36. The molecule has 2 aliphatic carbocycles. The molecule has 2 rings (SSSR count). The van der Waals surface area contributed by atoms with Crippen LogP contribution < -0.4 is 5.73 Å². The van der Waals surface area contributed by atoms with Crippen molar-refractivity contribution in [1.82, 2.24) is 0 Å². The third-order valence-corrected chi connectivity index (χ3v) is 5.09. The summed E-state index contributed by atoms with van der Waals surface area (Å²) in [5.74, 6) is 2.84. The van der Waals surface area contributed by atoms with Gasteiger partial charge in [0.15, 0.2) is 0 Å². The van der Waals surface area contributed by atoms with Gasteiger partial charge in [0.2, 0.25) is 0 Å². The van der Waals surface area contributed by atoms with Gasteiger partial charge in [-0.05, 0) is 43.4 Å².